The van der Waals surface area contributed by atoms with Gasteiger partial charge in [0.05, 0.1) is 7.11 Å². The molecule has 2 heterocycles. The van der Waals surface area contributed by atoms with Crippen LogP contribution < -0.4 is 10.1 Å². The van der Waals surface area contributed by atoms with Gasteiger partial charge in [0.1, 0.15) is 11.6 Å². The van der Waals surface area contributed by atoms with E-state index in [-0.39, 0.29) is 0 Å². The Morgan fingerprint density at radius 3 is 3.00 bits per heavy atom. The molecule has 1 N–H and O–H groups in total. The molecule has 2 aromatic rings. The molecular formula is C17H23N3O. The summed E-state index contributed by atoms with van der Waals surface area (Å²) in [4.78, 5) is 6.95. The standard InChI is InChI=1S/C17H23N3O/c1-20-11-4-3-6-13(20)12-19-17-15-7-5-8-16(21-2)14(15)9-10-18-17/h5,7-10,13H,3-4,6,11-12H2,1-2H3,(H,18,19). The van der Waals surface area contributed by atoms with Crippen molar-refractivity contribution in [2.45, 2.75) is 25.3 Å². The van der Waals surface area contributed by atoms with Gasteiger partial charge in [-0.2, -0.15) is 0 Å². The summed E-state index contributed by atoms with van der Waals surface area (Å²) in [5, 5.41) is 5.76. The van der Waals surface area contributed by atoms with Gasteiger partial charge < -0.3 is 15.0 Å². The topological polar surface area (TPSA) is 37.4 Å². The number of anilines is 1. The Labute approximate surface area is 126 Å². The molecule has 1 unspecified atom stereocenters. The number of rotatable bonds is 4. The predicted octanol–water partition coefficient (Wildman–Crippen LogP) is 3.14. The summed E-state index contributed by atoms with van der Waals surface area (Å²) < 4.78 is 5.43. The summed E-state index contributed by atoms with van der Waals surface area (Å²) in [5.74, 6) is 1.85. The molecule has 4 heteroatoms. The SMILES string of the molecule is COc1cccc2c(NCC3CCCCN3C)nccc12. The number of nitrogens with one attached hydrogen (secondary N) is 1. The van der Waals surface area contributed by atoms with Gasteiger partial charge in [-0.05, 0) is 38.6 Å². The molecule has 0 bridgehead atoms. The van der Waals surface area contributed by atoms with Gasteiger partial charge in [-0.25, -0.2) is 4.98 Å². The fourth-order valence-electron chi connectivity index (χ4n) is 3.11. The van der Waals surface area contributed by atoms with Crippen LogP contribution in [0.15, 0.2) is 30.5 Å². The van der Waals surface area contributed by atoms with Crippen molar-refractivity contribution >= 4 is 16.6 Å². The van der Waals surface area contributed by atoms with Crippen LogP contribution in [-0.4, -0.2) is 43.2 Å². The average Bonchev–Trinajstić information content (AvgIpc) is 2.53. The van der Waals surface area contributed by atoms with Crippen molar-refractivity contribution in [3.8, 4) is 5.75 Å². The average molecular weight is 285 g/mol. The third-order valence-corrected chi connectivity index (χ3v) is 4.41. The van der Waals surface area contributed by atoms with E-state index < -0.39 is 0 Å². The van der Waals surface area contributed by atoms with Crippen LogP contribution in [-0.2, 0) is 0 Å². The molecule has 0 aliphatic carbocycles. The second-order valence-corrected chi connectivity index (χ2v) is 5.73. The first kappa shape index (κ1) is 14.1. The summed E-state index contributed by atoms with van der Waals surface area (Å²) in [5.41, 5.74) is 0. The van der Waals surface area contributed by atoms with Gasteiger partial charge >= 0.3 is 0 Å². The fourth-order valence-corrected chi connectivity index (χ4v) is 3.11. The van der Waals surface area contributed by atoms with Crippen LogP contribution in [0.3, 0.4) is 0 Å². The fraction of sp³-hybridized carbons (Fsp3) is 0.471. The number of aromatic nitrogens is 1. The van der Waals surface area contributed by atoms with Gasteiger partial charge in [0.2, 0.25) is 0 Å². The normalized spacial score (nSPS) is 19.6. The van der Waals surface area contributed by atoms with E-state index in [1.54, 1.807) is 7.11 Å². The lowest BCUT2D eigenvalue weighted by Gasteiger charge is -2.32. The summed E-state index contributed by atoms with van der Waals surface area (Å²) in [7, 11) is 3.92. The van der Waals surface area contributed by atoms with E-state index in [4.69, 9.17) is 4.74 Å². The van der Waals surface area contributed by atoms with Crippen molar-refractivity contribution in [2.24, 2.45) is 0 Å². The van der Waals surface area contributed by atoms with Crippen LogP contribution in [0.25, 0.3) is 10.8 Å². The van der Waals surface area contributed by atoms with Crippen LogP contribution in [0.4, 0.5) is 5.82 Å². The van der Waals surface area contributed by atoms with Crippen LogP contribution in [0, 0.1) is 0 Å². The Balaban J connectivity index is 1.80. The first-order valence-electron chi connectivity index (χ1n) is 7.65. The molecule has 1 aromatic heterocycles. The van der Waals surface area contributed by atoms with E-state index in [1.807, 2.05) is 24.4 Å². The molecule has 1 saturated heterocycles. The van der Waals surface area contributed by atoms with E-state index in [2.05, 4.69) is 28.3 Å². The van der Waals surface area contributed by atoms with Gasteiger partial charge in [0.15, 0.2) is 0 Å². The molecule has 21 heavy (non-hydrogen) atoms. The van der Waals surface area contributed by atoms with Crippen molar-refractivity contribution in [1.29, 1.82) is 0 Å². The number of methoxy groups -OCH3 is 1. The zero-order chi connectivity index (χ0) is 14.7. The summed E-state index contributed by atoms with van der Waals surface area (Å²) >= 11 is 0. The molecule has 0 amide bonds. The van der Waals surface area contributed by atoms with Crippen molar-refractivity contribution < 1.29 is 4.74 Å². The minimum atomic E-state index is 0.599. The number of nitrogens with zero attached hydrogens (tertiary/aromatic N) is 2. The lowest BCUT2D eigenvalue weighted by Crippen LogP contribution is -2.40. The molecule has 4 nitrogen and oxygen atoms in total. The maximum absolute atomic E-state index is 5.43. The van der Waals surface area contributed by atoms with Crippen molar-refractivity contribution in [3.63, 3.8) is 0 Å². The number of piperidine rings is 1. The lowest BCUT2D eigenvalue weighted by atomic mass is 10.0. The Kier molecular flexibility index (Phi) is 4.25. The lowest BCUT2D eigenvalue weighted by molar-refractivity contribution is 0.194. The Morgan fingerprint density at radius 1 is 1.29 bits per heavy atom. The van der Waals surface area contributed by atoms with Gasteiger partial charge in [-0.15, -0.1) is 0 Å². The van der Waals surface area contributed by atoms with E-state index >= 15 is 0 Å². The third kappa shape index (κ3) is 2.95. The largest absolute Gasteiger partial charge is 0.496 e. The summed E-state index contributed by atoms with van der Waals surface area (Å²) in [6.45, 7) is 2.14. The van der Waals surface area contributed by atoms with Crippen molar-refractivity contribution in [1.82, 2.24) is 9.88 Å². The van der Waals surface area contributed by atoms with Crippen molar-refractivity contribution in [2.75, 3.05) is 32.6 Å². The molecule has 0 radical (unpaired) electrons. The number of hydrogen-bond acceptors (Lipinski definition) is 4. The number of ether oxygens (including phenoxy) is 1. The van der Waals surface area contributed by atoms with Gasteiger partial charge in [0, 0.05) is 29.6 Å². The first-order valence-corrected chi connectivity index (χ1v) is 7.65. The van der Waals surface area contributed by atoms with Gasteiger partial charge in [-0.3, -0.25) is 0 Å². The molecule has 1 aromatic carbocycles. The Bertz CT molecular complexity index is 614. The zero-order valence-corrected chi connectivity index (χ0v) is 12.8. The number of pyridine rings is 1. The van der Waals surface area contributed by atoms with Gasteiger partial charge in [-0.1, -0.05) is 18.6 Å². The highest BCUT2D eigenvalue weighted by molar-refractivity contribution is 5.95. The highest BCUT2D eigenvalue weighted by Gasteiger charge is 2.18. The van der Waals surface area contributed by atoms with E-state index in [0.29, 0.717) is 6.04 Å². The Morgan fingerprint density at radius 2 is 2.19 bits per heavy atom. The monoisotopic (exact) mass is 285 g/mol. The molecule has 3 rings (SSSR count). The smallest absolute Gasteiger partial charge is 0.134 e. The van der Waals surface area contributed by atoms with E-state index in [0.717, 1.165) is 28.9 Å². The van der Waals surface area contributed by atoms with Crippen LogP contribution >= 0.6 is 0 Å². The first-order chi connectivity index (χ1) is 10.3. The summed E-state index contributed by atoms with van der Waals surface area (Å²) in [6, 6.07) is 8.70. The highest BCUT2D eigenvalue weighted by atomic mass is 16.5. The van der Waals surface area contributed by atoms with Gasteiger partial charge in [0.25, 0.3) is 0 Å². The maximum Gasteiger partial charge on any atom is 0.134 e. The predicted molar refractivity (Wildman–Crippen MR) is 87.1 cm³/mol. The minimum absolute atomic E-state index is 0.599. The molecule has 1 aliphatic heterocycles. The highest BCUT2D eigenvalue weighted by Crippen LogP contribution is 2.29. The van der Waals surface area contributed by atoms with Crippen molar-refractivity contribution in [3.05, 3.63) is 30.5 Å². The zero-order valence-electron chi connectivity index (χ0n) is 12.8. The molecule has 1 atom stereocenters. The van der Waals surface area contributed by atoms with Crippen LogP contribution in [0.5, 0.6) is 5.75 Å². The number of likely N-dealkylation sites (tertiary alicyclic amines) is 1. The van der Waals surface area contributed by atoms with Crippen LogP contribution in [0.2, 0.25) is 0 Å². The third-order valence-electron chi connectivity index (χ3n) is 4.41. The van der Waals surface area contributed by atoms with E-state index in [9.17, 15) is 0 Å². The molecule has 112 valence electrons. The van der Waals surface area contributed by atoms with Crippen LogP contribution in [0.1, 0.15) is 19.3 Å². The van der Waals surface area contributed by atoms with E-state index in [1.165, 1.54) is 25.8 Å². The number of benzene rings is 1. The summed E-state index contributed by atoms with van der Waals surface area (Å²) in [6.07, 6.45) is 5.75. The molecule has 1 fully saturated rings. The quantitative estimate of drug-likeness (QED) is 0.936. The minimum Gasteiger partial charge on any atom is -0.496 e. The molecule has 0 saturated carbocycles. The molecule has 0 spiro atoms. The number of fused-ring (bicyclic) bond motifs is 1. The molecule has 1 aliphatic rings. The second-order valence-electron chi connectivity index (χ2n) is 5.73. The Hall–Kier alpha value is -1.81. The number of likely N-dealkylation sites (N-methyl/N-ethyl adjacent to an activating group) is 1. The number of hydrogen-bond donors (Lipinski definition) is 1. The maximum atomic E-state index is 5.43. The molecular weight excluding hydrogens is 262 g/mol. The second kappa shape index (κ2) is 6.31.